The van der Waals surface area contributed by atoms with Crippen molar-refractivity contribution in [1.29, 1.82) is 0 Å². The van der Waals surface area contributed by atoms with Gasteiger partial charge in [0.25, 0.3) is 0 Å². The summed E-state index contributed by atoms with van der Waals surface area (Å²) in [5.74, 6) is -0.699. The summed E-state index contributed by atoms with van der Waals surface area (Å²) in [6.07, 6.45) is 2.24. The molecule has 1 aliphatic carbocycles. The first-order valence-electron chi connectivity index (χ1n) is 7.90. The number of hydrogen-bond acceptors (Lipinski definition) is 4. The van der Waals surface area contributed by atoms with Crippen LogP contribution >= 0.6 is 0 Å². The van der Waals surface area contributed by atoms with Gasteiger partial charge in [-0.2, -0.15) is 5.10 Å². The first kappa shape index (κ1) is 17.5. The fourth-order valence-corrected chi connectivity index (χ4v) is 2.86. The molecule has 1 aliphatic rings. The monoisotopic (exact) mass is 321 g/mol. The molecule has 0 bridgehead atoms. The van der Waals surface area contributed by atoms with Crippen LogP contribution in [0.4, 0.5) is 0 Å². The molecular formula is C17H27N3O3. The molecule has 6 heteroatoms. The van der Waals surface area contributed by atoms with Crippen molar-refractivity contribution >= 4 is 11.9 Å². The molecule has 1 atom stereocenters. The van der Waals surface area contributed by atoms with Crippen molar-refractivity contribution in [3.8, 4) is 0 Å². The number of esters is 1. The Morgan fingerprint density at radius 1 is 1.39 bits per heavy atom. The molecule has 1 aromatic rings. The first-order chi connectivity index (χ1) is 10.4. The van der Waals surface area contributed by atoms with E-state index in [4.69, 9.17) is 4.74 Å². The third-order valence-corrected chi connectivity index (χ3v) is 4.65. The number of aromatic nitrogens is 2. The number of nitrogens with zero attached hydrogens (tertiary/aromatic N) is 2. The summed E-state index contributed by atoms with van der Waals surface area (Å²) in [6, 6.07) is 0. The lowest BCUT2D eigenvalue weighted by Crippen LogP contribution is -2.43. The zero-order valence-electron chi connectivity index (χ0n) is 15.1. The molecule has 6 nitrogen and oxygen atoms in total. The Kier molecular flexibility index (Phi) is 4.07. The van der Waals surface area contributed by atoms with Gasteiger partial charge in [0.15, 0.2) is 5.41 Å². The summed E-state index contributed by atoms with van der Waals surface area (Å²) in [7, 11) is 1.85. The molecule has 1 aromatic heterocycles. The Hall–Kier alpha value is -1.85. The van der Waals surface area contributed by atoms with Crippen molar-refractivity contribution in [2.45, 2.75) is 60.1 Å². The van der Waals surface area contributed by atoms with E-state index in [0.29, 0.717) is 13.0 Å². The standard InChI is InChI=1S/C17H27N3O3/c1-11-12(9-19-20(11)7)8-18-13(21)17(10-16(17,5)6)14(22)23-15(2,3)4/h9H,8,10H2,1-7H3,(H,18,21). The van der Waals surface area contributed by atoms with E-state index < -0.39 is 17.0 Å². The number of carbonyl (C=O) groups excluding carboxylic acids is 2. The van der Waals surface area contributed by atoms with Crippen LogP contribution < -0.4 is 5.32 Å². The van der Waals surface area contributed by atoms with Gasteiger partial charge in [-0.25, -0.2) is 0 Å². The Balaban J connectivity index is 2.11. The summed E-state index contributed by atoms with van der Waals surface area (Å²) in [5.41, 5.74) is -0.145. The molecule has 1 heterocycles. The van der Waals surface area contributed by atoms with Gasteiger partial charge >= 0.3 is 5.97 Å². The van der Waals surface area contributed by atoms with Crippen LogP contribution in [-0.2, 0) is 27.9 Å². The predicted molar refractivity (Wildman–Crippen MR) is 86.5 cm³/mol. The minimum atomic E-state index is -1.09. The number of amides is 1. The molecule has 0 aromatic carbocycles. The van der Waals surface area contributed by atoms with Crippen LogP contribution in [0.25, 0.3) is 0 Å². The van der Waals surface area contributed by atoms with Gasteiger partial charge in [-0.3, -0.25) is 14.3 Å². The lowest BCUT2D eigenvalue weighted by atomic mass is 9.94. The lowest BCUT2D eigenvalue weighted by molar-refractivity contribution is -0.166. The third kappa shape index (κ3) is 3.12. The van der Waals surface area contributed by atoms with Crippen LogP contribution in [0.1, 0.15) is 52.3 Å². The Morgan fingerprint density at radius 2 is 1.96 bits per heavy atom. The van der Waals surface area contributed by atoms with E-state index in [2.05, 4.69) is 10.4 Å². The smallest absolute Gasteiger partial charge is 0.322 e. The number of ether oxygens (including phenoxy) is 1. The number of nitrogens with one attached hydrogen (secondary N) is 1. The molecule has 23 heavy (non-hydrogen) atoms. The fourth-order valence-electron chi connectivity index (χ4n) is 2.86. The van der Waals surface area contributed by atoms with Crippen molar-refractivity contribution < 1.29 is 14.3 Å². The highest BCUT2D eigenvalue weighted by Crippen LogP contribution is 2.64. The molecule has 0 aliphatic heterocycles. The second kappa shape index (κ2) is 5.35. The number of aryl methyl sites for hydroxylation is 1. The van der Waals surface area contributed by atoms with E-state index >= 15 is 0 Å². The maximum atomic E-state index is 12.7. The second-order valence-corrected chi connectivity index (χ2v) is 8.03. The molecule has 1 saturated carbocycles. The van der Waals surface area contributed by atoms with Gasteiger partial charge in [-0.1, -0.05) is 13.8 Å². The Morgan fingerprint density at radius 3 is 2.35 bits per heavy atom. The third-order valence-electron chi connectivity index (χ3n) is 4.65. The van der Waals surface area contributed by atoms with Crippen LogP contribution in [0.5, 0.6) is 0 Å². The highest BCUT2D eigenvalue weighted by molar-refractivity contribution is 6.07. The van der Waals surface area contributed by atoms with E-state index in [-0.39, 0.29) is 11.3 Å². The summed E-state index contributed by atoms with van der Waals surface area (Å²) >= 11 is 0. The quantitative estimate of drug-likeness (QED) is 0.681. The van der Waals surface area contributed by atoms with Crippen LogP contribution in [0.2, 0.25) is 0 Å². The number of rotatable bonds is 4. The Labute approximate surface area is 137 Å². The normalized spacial score (nSPS) is 22.6. The highest BCUT2D eigenvalue weighted by atomic mass is 16.6. The largest absolute Gasteiger partial charge is 0.459 e. The van der Waals surface area contributed by atoms with Gasteiger partial charge in [0.05, 0.1) is 6.20 Å². The summed E-state index contributed by atoms with van der Waals surface area (Å²) in [6.45, 7) is 11.6. The molecule has 1 N–H and O–H groups in total. The minimum absolute atomic E-state index is 0.264. The molecule has 1 unspecified atom stereocenters. The van der Waals surface area contributed by atoms with Crippen molar-refractivity contribution in [2.24, 2.45) is 17.9 Å². The SMILES string of the molecule is Cc1c(CNC(=O)C2(C(=O)OC(C)(C)C)CC2(C)C)cnn1C. The van der Waals surface area contributed by atoms with Crippen LogP contribution in [0, 0.1) is 17.8 Å². The first-order valence-corrected chi connectivity index (χ1v) is 7.90. The maximum Gasteiger partial charge on any atom is 0.322 e. The second-order valence-electron chi connectivity index (χ2n) is 8.03. The van der Waals surface area contributed by atoms with Crippen molar-refractivity contribution in [3.05, 3.63) is 17.5 Å². The van der Waals surface area contributed by atoms with Gasteiger partial charge < -0.3 is 10.1 Å². The van der Waals surface area contributed by atoms with Crippen molar-refractivity contribution in [3.63, 3.8) is 0 Å². The van der Waals surface area contributed by atoms with Crippen molar-refractivity contribution in [1.82, 2.24) is 15.1 Å². The molecule has 0 radical (unpaired) electrons. The molecule has 1 fully saturated rings. The van der Waals surface area contributed by atoms with Crippen LogP contribution in [-0.4, -0.2) is 27.3 Å². The average Bonchev–Trinajstić information content (AvgIpc) is 2.86. The van der Waals surface area contributed by atoms with E-state index in [1.165, 1.54) is 0 Å². The molecule has 128 valence electrons. The average molecular weight is 321 g/mol. The van der Waals surface area contributed by atoms with E-state index in [0.717, 1.165) is 11.3 Å². The molecule has 0 spiro atoms. The van der Waals surface area contributed by atoms with E-state index in [1.807, 2.05) is 48.6 Å². The topological polar surface area (TPSA) is 73.2 Å². The van der Waals surface area contributed by atoms with Crippen LogP contribution in [0.3, 0.4) is 0 Å². The van der Waals surface area contributed by atoms with E-state index in [1.54, 1.807) is 10.9 Å². The zero-order valence-corrected chi connectivity index (χ0v) is 15.1. The Bertz CT molecular complexity index is 640. The van der Waals surface area contributed by atoms with E-state index in [9.17, 15) is 9.59 Å². The predicted octanol–water partition coefficient (Wildman–Crippen LogP) is 2.10. The summed E-state index contributed by atoms with van der Waals surface area (Å²) in [4.78, 5) is 25.3. The zero-order chi connectivity index (χ0) is 17.6. The number of carbonyl (C=O) groups is 2. The van der Waals surface area contributed by atoms with Gasteiger partial charge in [-0.15, -0.1) is 0 Å². The van der Waals surface area contributed by atoms with Crippen LogP contribution in [0.15, 0.2) is 6.20 Å². The fraction of sp³-hybridized carbons (Fsp3) is 0.706. The maximum absolute atomic E-state index is 12.7. The molecule has 0 saturated heterocycles. The highest BCUT2D eigenvalue weighted by Gasteiger charge is 2.72. The van der Waals surface area contributed by atoms with Crippen molar-refractivity contribution in [2.75, 3.05) is 0 Å². The summed E-state index contributed by atoms with van der Waals surface area (Å²) < 4.78 is 7.24. The molecule has 1 amide bonds. The van der Waals surface area contributed by atoms with Gasteiger partial charge in [-0.05, 0) is 39.5 Å². The number of hydrogen-bond donors (Lipinski definition) is 1. The van der Waals surface area contributed by atoms with Gasteiger partial charge in [0.1, 0.15) is 5.60 Å². The minimum Gasteiger partial charge on any atom is -0.459 e. The summed E-state index contributed by atoms with van der Waals surface area (Å²) in [5, 5.41) is 7.04. The molecule has 2 rings (SSSR count). The van der Waals surface area contributed by atoms with Gasteiger partial charge in [0, 0.05) is 24.8 Å². The van der Waals surface area contributed by atoms with Gasteiger partial charge in [0.2, 0.25) is 5.91 Å². The molecular weight excluding hydrogens is 294 g/mol. The lowest BCUT2D eigenvalue weighted by Gasteiger charge is -2.25.